The van der Waals surface area contributed by atoms with E-state index in [9.17, 15) is 4.79 Å². The molecule has 3 rings (SSSR count). The molecule has 134 valence electrons. The largest absolute Gasteiger partial charge is 0.497 e. The number of aromatic nitrogens is 1. The highest BCUT2D eigenvalue weighted by atomic mass is 16.5. The van der Waals surface area contributed by atoms with Crippen LogP contribution in [0.3, 0.4) is 0 Å². The second-order valence-corrected chi connectivity index (χ2v) is 7.41. The first-order valence-corrected chi connectivity index (χ1v) is 8.80. The molecule has 0 spiro atoms. The highest BCUT2D eigenvalue weighted by Crippen LogP contribution is 2.64. The van der Waals surface area contributed by atoms with Crippen molar-refractivity contribution in [2.45, 2.75) is 52.0 Å². The van der Waals surface area contributed by atoms with Gasteiger partial charge >= 0.3 is 0 Å². The zero-order valence-corrected chi connectivity index (χ0v) is 15.4. The fourth-order valence-electron chi connectivity index (χ4n) is 3.64. The fraction of sp³-hybridized carbons (Fsp3) is 0.500. The molecule has 5 heteroatoms. The van der Waals surface area contributed by atoms with E-state index in [2.05, 4.69) is 31.2 Å². The van der Waals surface area contributed by atoms with Crippen molar-refractivity contribution in [2.75, 3.05) is 7.11 Å². The Labute approximate surface area is 148 Å². The summed E-state index contributed by atoms with van der Waals surface area (Å²) in [7, 11) is 1.64. The van der Waals surface area contributed by atoms with E-state index in [0.29, 0.717) is 12.3 Å². The number of carbonyl (C=O) groups is 1. The SMILES string of the molecule is CCCc1cc(CNC(=O)[C@@]2(c3ccc(OC)cc3)CC2(C)C)on1. The monoisotopic (exact) mass is 342 g/mol. The van der Waals surface area contributed by atoms with Crippen molar-refractivity contribution in [3.8, 4) is 5.75 Å². The van der Waals surface area contributed by atoms with Crippen LogP contribution in [0.1, 0.15) is 50.6 Å². The Bertz CT molecular complexity index is 749. The first kappa shape index (κ1) is 17.5. The fourth-order valence-corrected chi connectivity index (χ4v) is 3.64. The van der Waals surface area contributed by atoms with Gasteiger partial charge in [0.25, 0.3) is 0 Å². The van der Waals surface area contributed by atoms with Crippen molar-refractivity contribution in [1.82, 2.24) is 10.5 Å². The molecule has 0 aliphatic heterocycles. The van der Waals surface area contributed by atoms with Crippen molar-refractivity contribution >= 4 is 5.91 Å². The molecule has 0 bridgehead atoms. The third-order valence-corrected chi connectivity index (χ3v) is 5.24. The number of aryl methyl sites for hydroxylation is 1. The van der Waals surface area contributed by atoms with Crippen LogP contribution in [-0.2, 0) is 23.2 Å². The Morgan fingerprint density at radius 1 is 1.32 bits per heavy atom. The molecule has 1 heterocycles. The van der Waals surface area contributed by atoms with Gasteiger partial charge in [0.1, 0.15) is 5.75 Å². The summed E-state index contributed by atoms with van der Waals surface area (Å²) in [4.78, 5) is 13.0. The molecule has 1 fully saturated rings. The second-order valence-electron chi connectivity index (χ2n) is 7.41. The number of nitrogens with zero attached hydrogens (tertiary/aromatic N) is 1. The molecule has 1 atom stereocenters. The summed E-state index contributed by atoms with van der Waals surface area (Å²) in [5.41, 5.74) is 1.40. The molecule has 1 aliphatic carbocycles. The van der Waals surface area contributed by atoms with Gasteiger partial charge in [-0.15, -0.1) is 0 Å². The molecule has 1 saturated carbocycles. The summed E-state index contributed by atoms with van der Waals surface area (Å²) in [6.07, 6.45) is 2.74. The minimum Gasteiger partial charge on any atom is -0.497 e. The molecule has 1 N–H and O–H groups in total. The van der Waals surface area contributed by atoms with Crippen LogP contribution >= 0.6 is 0 Å². The van der Waals surface area contributed by atoms with Crippen molar-refractivity contribution in [3.05, 3.63) is 47.3 Å². The Morgan fingerprint density at radius 2 is 2.00 bits per heavy atom. The lowest BCUT2D eigenvalue weighted by Gasteiger charge is -2.20. The van der Waals surface area contributed by atoms with Gasteiger partial charge in [-0.1, -0.05) is 44.5 Å². The topological polar surface area (TPSA) is 64.4 Å². The van der Waals surface area contributed by atoms with Crippen LogP contribution < -0.4 is 10.1 Å². The summed E-state index contributed by atoms with van der Waals surface area (Å²) in [5.74, 6) is 1.53. The van der Waals surface area contributed by atoms with E-state index in [4.69, 9.17) is 9.26 Å². The summed E-state index contributed by atoms with van der Waals surface area (Å²) < 4.78 is 10.5. The van der Waals surface area contributed by atoms with Gasteiger partial charge in [-0.05, 0) is 36.0 Å². The molecular formula is C20H26N2O3. The van der Waals surface area contributed by atoms with Crippen LogP contribution in [0.2, 0.25) is 0 Å². The Kier molecular flexibility index (Phi) is 4.58. The predicted molar refractivity (Wildman–Crippen MR) is 95.4 cm³/mol. The molecule has 1 aromatic carbocycles. The quantitative estimate of drug-likeness (QED) is 0.835. The highest BCUT2D eigenvalue weighted by Gasteiger charge is 2.66. The Hall–Kier alpha value is -2.30. The van der Waals surface area contributed by atoms with Crippen molar-refractivity contribution < 1.29 is 14.1 Å². The maximum atomic E-state index is 13.0. The lowest BCUT2D eigenvalue weighted by atomic mass is 9.87. The van der Waals surface area contributed by atoms with Crippen molar-refractivity contribution in [2.24, 2.45) is 5.41 Å². The molecule has 1 amide bonds. The maximum absolute atomic E-state index is 13.0. The summed E-state index contributed by atoms with van der Waals surface area (Å²) >= 11 is 0. The molecule has 0 radical (unpaired) electrons. The van der Waals surface area contributed by atoms with Crippen molar-refractivity contribution in [3.63, 3.8) is 0 Å². The van der Waals surface area contributed by atoms with Gasteiger partial charge in [0, 0.05) is 6.07 Å². The molecule has 0 unspecified atom stereocenters. The highest BCUT2D eigenvalue weighted by molar-refractivity contribution is 5.93. The van der Waals surface area contributed by atoms with Crippen LogP contribution in [0.25, 0.3) is 0 Å². The molecule has 0 saturated heterocycles. The zero-order chi connectivity index (χ0) is 18.1. The molecule has 25 heavy (non-hydrogen) atoms. The van der Waals surface area contributed by atoms with Crippen molar-refractivity contribution in [1.29, 1.82) is 0 Å². The molecular weight excluding hydrogens is 316 g/mol. The normalized spacial score (nSPS) is 21.0. The van der Waals surface area contributed by atoms with E-state index < -0.39 is 5.41 Å². The summed E-state index contributed by atoms with van der Waals surface area (Å²) in [6.45, 7) is 6.72. The molecule has 5 nitrogen and oxygen atoms in total. The van der Waals surface area contributed by atoms with Crippen LogP contribution in [0.4, 0.5) is 0 Å². The molecule has 2 aromatic rings. The minimum absolute atomic E-state index is 0.0381. The van der Waals surface area contributed by atoms with Crippen LogP contribution in [-0.4, -0.2) is 18.2 Å². The zero-order valence-electron chi connectivity index (χ0n) is 15.4. The number of methoxy groups -OCH3 is 1. The summed E-state index contributed by atoms with van der Waals surface area (Å²) in [5, 5.41) is 7.06. The number of nitrogens with one attached hydrogen (secondary N) is 1. The third kappa shape index (κ3) is 3.15. The van der Waals surface area contributed by atoms with Gasteiger partial charge < -0.3 is 14.6 Å². The number of hydrogen-bond donors (Lipinski definition) is 1. The van der Waals surface area contributed by atoms with E-state index in [-0.39, 0.29) is 11.3 Å². The van der Waals surface area contributed by atoms with Crippen LogP contribution in [0.5, 0.6) is 5.75 Å². The number of carbonyl (C=O) groups excluding carboxylic acids is 1. The molecule has 1 aromatic heterocycles. The smallest absolute Gasteiger partial charge is 0.231 e. The van der Waals surface area contributed by atoms with E-state index in [1.54, 1.807) is 7.11 Å². The summed E-state index contributed by atoms with van der Waals surface area (Å²) in [6, 6.07) is 9.71. The van der Waals surface area contributed by atoms with E-state index in [1.807, 2.05) is 30.3 Å². The Morgan fingerprint density at radius 3 is 2.56 bits per heavy atom. The van der Waals surface area contributed by atoms with Gasteiger partial charge in [0.15, 0.2) is 5.76 Å². The number of rotatable bonds is 7. The molecule has 1 aliphatic rings. The number of benzene rings is 1. The average molecular weight is 342 g/mol. The van der Waals surface area contributed by atoms with E-state index in [0.717, 1.165) is 36.3 Å². The first-order chi connectivity index (χ1) is 11.9. The first-order valence-electron chi connectivity index (χ1n) is 8.80. The van der Waals surface area contributed by atoms with Crippen LogP contribution in [0.15, 0.2) is 34.9 Å². The predicted octanol–water partition coefficient (Wildman–Crippen LogP) is 3.62. The average Bonchev–Trinajstić information content (AvgIpc) is 2.95. The number of amides is 1. The minimum atomic E-state index is -0.495. The standard InChI is InChI=1S/C20H26N2O3/c1-5-6-15-11-17(25-22-15)12-21-18(23)20(13-19(20,2)3)14-7-9-16(24-4)10-8-14/h7-11H,5-6,12-13H2,1-4H3,(H,21,23)/t20-/m0/s1. The van der Waals surface area contributed by atoms with E-state index >= 15 is 0 Å². The Balaban J connectivity index is 1.73. The van der Waals surface area contributed by atoms with E-state index in [1.165, 1.54) is 0 Å². The van der Waals surface area contributed by atoms with Crippen LogP contribution in [0, 0.1) is 5.41 Å². The van der Waals surface area contributed by atoms with Gasteiger partial charge in [-0.25, -0.2) is 0 Å². The maximum Gasteiger partial charge on any atom is 0.231 e. The second kappa shape index (κ2) is 6.54. The van der Waals surface area contributed by atoms with Gasteiger partial charge in [-0.2, -0.15) is 0 Å². The van der Waals surface area contributed by atoms with Gasteiger partial charge in [0.05, 0.1) is 24.8 Å². The lowest BCUT2D eigenvalue weighted by Crippen LogP contribution is -2.37. The lowest BCUT2D eigenvalue weighted by molar-refractivity contribution is -0.124. The van der Waals surface area contributed by atoms with Gasteiger partial charge in [0.2, 0.25) is 5.91 Å². The van der Waals surface area contributed by atoms with Gasteiger partial charge in [-0.3, -0.25) is 4.79 Å². The number of ether oxygens (including phenoxy) is 1. The number of hydrogen-bond acceptors (Lipinski definition) is 4. The third-order valence-electron chi connectivity index (χ3n) is 5.24.